The van der Waals surface area contributed by atoms with E-state index in [0.29, 0.717) is 12.3 Å². The number of aryl methyl sites for hydroxylation is 1. The van der Waals surface area contributed by atoms with E-state index in [4.69, 9.17) is 10.3 Å². The summed E-state index contributed by atoms with van der Waals surface area (Å²) in [5.41, 5.74) is 6.81. The molecule has 0 bridgehead atoms. The SMILES string of the molecule is Cc1noc2ncnc(N(C)CCN)c12. The Balaban J connectivity index is 2.54. The number of likely N-dealkylation sites (N-methyl/N-ethyl adjacent to an activating group) is 1. The molecule has 15 heavy (non-hydrogen) atoms. The molecule has 0 atom stereocenters. The zero-order valence-corrected chi connectivity index (χ0v) is 8.77. The number of hydrogen-bond donors (Lipinski definition) is 1. The minimum Gasteiger partial charge on any atom is -0.358 e. The lowest BCUT2D eigenvalue weighted by molar-refractivity contribution is 0.442. The summed E-state index contributed by atoms with van der Waals surface area (Å²) in [6.45, 7) is 3.18. The molecule has 6 nitrogen and oxygen atoms in total. The van der Waals surface area contributed by atoms with E-state index < -0.39 is 0 Å². The molecule has 0 saturated carbocycles. The van der Waals surface area contributed by atoms with Crippen molar-refractivity contribution in [3.8, 4) is 0 Å². The summed E-state index contributed by atoms with van der Waals surface area (Å²) < 4.78 is 5.06. The fourth-order valence-electron chi connectivity index (χ4n) is 1.49. The minimum atomic E-state index is 0.515. The average Bonchev–Trinajstić information content (AvgIpc) is 2.61. The smallest absolute Gasteiger partial charge is 0.263 e. The standard InChI is InChI=1S/C9H13N5O/c1-6-7-8(14(2)4-3-10)11-5-12-9(7)15-13-6/h5H,3-4,10H2,1-2H3. The highest BCUT2D eigenvalue weighted by Gasteiger charge is 2.14. The molecule has 0 saturated heterocycles. The van der Waals surface area contributed by atoms with E-state index in [2.05, 4.69) is 15.1 Å². The van der Waals surface area contributed by atoms with E-state index in [1.165, 1.54) is 6.33 Å². The fourth-order valence-corrected chi connectivity index (χ4v) is 1.49. The van der Waals surface area contributed by atoms with Crippen molar-refractivity contribution in [3.63, 3.8) is 0 Å². The first-order chi connectivity index (χ1) is 7.24. The second-order valence-electron chi connectivity index (χ2n) is 3.36. The predicted molar refractivity (Wildman–Crippen MR) is 56.7 cm³/mol. The highest BCUT2D eigenvalue weighted by molar-refractivity contribution is 5.87. The number of rotatable bonds is 3. The molecule has 2 N–H and O–H groups in total. The van der Waals surface area contributed by atoms with Crippen LogP contribution >= 0.6 is 0 Å². The lowest BCUT2D eigenvalue weighted by Gasteiger charge is -2.16. The van der Waals surface area contributed by atoms with Gasteiger partial charge in [0, 0.05) is 20.1 Å². The maximum absolute atomic E-state index is 5.50. The topological polar surface area (TPSA) is 81.1 Å². The van der Waals surface area contributed by atoms with Gasteiger partial charge in [-0.2, -0.15) is 4.98 Å². The van der Waals surface area contributed by atoms with Gasteiger partial charge in [-0.25, -0.2) is 4.98 Å². The van der Waals surface area contributed by atoms with Crippen LogP contribution in [0.25, 0.3) is 11.1 Å². The highest BCUT2D eigenvalue weighted by Crippen LogP contribution is 2.24. The van der Waals surface area contributed by atoms with Gasteiger partial charge in [-0.15, -0.1) is 0 Å². The molecule has 0 aliphatic carbocycles. The molecular formula is C9H13N5O. The summed E-state index contributed by atoms with van der Waals surface area (Å²) >= 11 is 0. The Morgan fingerprint density at radius 1 is 1.47 bits per heavy atom. The summed E-state index contributed by atoms with van der Waals surface area (Å²) in [5, 5.41) is 4.72. The van der Waals surface area contributed by atoms with Crippen LogP contribution in [0.2, 0.25) is 0 Å². The van der Waals surface area contributed by atoms with Gasteiger partial charge in [-0.3, -0.25) is 0 Å². The summed E-state index contributed by atoms with van der Waals surface area (Å²) in [5.74, 6) is 0.809. The van der Waals surface area contributed by atoms with Crippen molar-refractivity contribution in [3.05, 3.63) is 12.0 Å². The molecule has 0 amide bonds. The zero-order valence-electron chi connectivity index (χ0n) is 8.77. The number of anilines is 1. The van der Waals surface area contributed by atoms with Crippen molar-refractivity contribution in [2.75, 3.05) is 25.0 Å². The molecule has 0 aliphatic rings. The second kappa shape index (κ2) is 3.82. The third-order valence-corrected chi connectivity index (χ3v) is 2.25. The van der Waals surface area contributed by atoms with Crippen molar-refractivity contribution in [2.24, 2.45) is 5.73 Å². The van der Waals surface area contributed by atoms with Crippen LogP contribution in [0.5, 0.6) is 0 Å². The number of nitrogens with zero attached hydrogens (tertiary/aromatic N) is 4. The van der Waals surface area contributed by atoms with Crippen molar-refractivity contribution >= 4 is 16.9 Å². The van der Waals surface area contributed by atoms with Gasteiger partial charge < -0.3 is 15.2 Å². The Bertz CT molecular complexity index is 466. The lowest BCUT2D eigenvalue weighted by atomic mass is 10.3. The molecule has 2 aromatic rings. The Morgan fingerprint density at radius 3 is 3.00 bits per heavy atom. The third kappa shape index (κ3) is 1.63. The number of fused-ring (bicyclic) bond motifs is 1. The van der Waals surface area contributed by atoms with Gasteiger partial charge in [0.1, 0.15) is 17.5 Å². The quantitative estimate of drug-likeness (QED) is 0.780. The first-order valence-corrected chi connectivity index (χ1v) is 4.72. The molecule has 0 aromatic carbocycles. The number of aromatic nitrogens is 3. The molecule has 6 heteroatoms. The third-order valence-electron chi connectivity index (χ3n) is 2.25. The zero-order chi connectivity index (χ0) is 10.8. The molecule has 80 valence electrons. The van der Waals surface area contributed by atoms with Crippen LogP contribution < -0.4 is 10.6 Å². The largest absolute Gasteiger partial charge is 0.358 e. The highest BCUT2D eigenvalue weighted by atomic mass is 16.5. The van der Waals surface area contributed by atoms with E-state index in [9.17, 15) is 0 Å². The molecular weight excluding hydrogens is 194 g/mol. The van der Waals surface area contributed by atoms with E-state index in [1.807, 2.05) is 18.9 Å². The van der Waals surface area contributed by atoms with Gasteiger partial charge in [-0.05, 0) is 6.92 Å². The second-order valence-corrected chi connectivity index (χ2v) is 3.36. The summed E-state index contributed by atoms with van der Waals surface area (Å²) in [7, 11) is 1.93. The van der Waals surface area contributed by atoms with Crippen LogP contribution in [0.15, 0.2) is 10.9 Å². The summed E-state index contributed by atoms with van der Waals surface area (Å²) in [6.07, 6.45) is 1.47. The first-order valence-electron chi connectivity index (χ1n) is 4.72. The van der Waals surface area contributed by atoms with Gasteiger partial charge in [0.25, 0.3) is 5.71 Å². The minimum absolute atomic E-state index is 0.515. The van der Waals surface area contributed by atoms with Gasteiger partial charge in [0.05, 0.1) is 5.69 Å². The maximum Gasteiger partial charge on any atom is 0.263 e. The van der Waals surface area contributed by atoms with Crippen molar-refractivity contribution in [2.45, 2.75) is 6.92 Å². The normalized spacial score (nSPS) is 10.9. The fraction of sp³-hybridized carbons (Fsp3) is 0.444. The van der Waals surface area contributed by atoms with Gasteiger partial charge >= 0.3 is 0 Å². The molecule has 0 radical (unpaired) electrons. The average molecular weight is 207 g/mol. The van der Waals surface area contributed by atoms with E-state index in [1.54, 1.807) is 0 Å². The lowest BCUT2D eigenvalue weighted by Crippen LogP contribution is -2.26. The van der Waals surface area contributed by atoms with Crippen LogP contribution in [0, 0.1) is 6.92 Å². The van der Waals surface area contributed by atoms with Crippen LogP contribution in [0.3, 0.4) is 0 Å². The van der Waals surface area contributed by atoms with Crippen LogP contribution in [-0.4, -0.2) is 35.3 Å². The summed E-state index contributed by atoms with van der Waals surface area (Å²) in [4.78, 5) is 10.2. The maximum atomic E-state index is 5.50. The van der Waals surface area contributed by atoms with Crippen molar-refractivity contribution in [1.82, 2.24) is 15.1 Å². The number of nitrogens with two attached hydrogens (primary N) is 1. The molecule has 0 aliphatic heterocycles. The van der Waals surface area contributed by atoms with Crippen molar-refractivity contribution in [1.29, 1.82) is 0 Å². The molecule has 0 spiro atoms. The van der Waals surface area contributed by atoms with E-state index in [-0.39, 0.29) is 0 Å². The van der Waals surface area contributed by atoms with E-state index in [0.717, 1.165) is 23.4 Å². The van der Waals surface area contributed by atoms with Gasteiger partial charge in [-0.1, -0.05) is 5.16 Å². The Kier molecular flexibility index (Phi) is 2.51. The van der Waals surface area contributed by atoms with Crippen molar-refractivity contribution < 1.29 is 4.52 Å². The Labute approximate surface area is 87.1 Å². The van der Waals surface area contributed by atoms with Gasteiger partial charge in [0.2, 0.25) is 0 Å². The molecule has 0 unspecified atom stereocenters. The first kappa shape index (κ1) is 9.85. The number of hydrogen-bond acceptors (Lipinski definition) is 6. The van der Waals surface area contributed by atoms with E-state index >= 15 is 0 Å². The summed E-state index contributed by atoms with van der Waals surface area (Å²) in [6, 6.07) is 0. The molecule has 2 aromatic heterocycles. The Morgan fingerprint density at radius 2 is 2.27 bits per heavy atom. The molecule has 2 rings (SSSR count). The Hall–Kier alpha value is -1.69. The predicted octanol–water partition coefficient (Wildman–Crippen LogP) is 0.321. The van der Waals surface area contributed by atoms with Crippen LogP contribution in [0.1, 0.15) is 5.69 Å². The van der Waals surface area contributed by atoms with Crippen LogP contribution in [0.4, 0.5) is 5.82 Å². The van der Waals surface area contributed by atoms with Gasteiger partial charge in [0.15, 0.2) is 0 Å². The van der Waals surface area contributed by atoms with Crippen LogP contribution in [-0.2, 0) is 0 Å². The molecule has 2 heterocycles. The molecule has 0 fully saturated rings. The monoisotopic (exact) mass is 207 g/mol.